The first kappa shape index (κ1) is 13.1. The topological polar surface area (TPSA) is 15.3 Å². The maximum Gasteiger partial charge on any atom is 0.123 e. The van der Waals surface area contributed by atoms with Crippen molar-refractivity contribution in [2.75, 3.05) is 24.5 Å². The number of hydrogen-bond acceptors (Lipinski definition) is 2. The molecule has 0 bridgehead atoms. The van der Waals surface area contributed by atoms with E-state index in [1.54, 1.807) is 12.1 Å². The largest absolute Gasteiger partial charge is 0.362 e. The first-order chi connectivity index (χ1) is 9.74. The molecule has 1 atom stereocenters. The zero-order valence-corrected chi connectivity index (χ0v) is 11.0. The lowest BCUT2D eigenvalue weighted by Crippen LogP contribution is -2.46. The van der Waals surface area contributed by atoms with Gasteiger partial charge in [0, 0.05) is 25.3 Å². The minimum absolute atomic E-state index is 0.134. The Balaban J connectivity index is 1.90. The van der Waals surface area contributed by atoms with Crippen molar-refractivity contribution in [2.24, 2.45) is 0 Å². The summed E-state index contributed by atoms with van der Waals surface area (Å²) in [6.45, 7) is 2.52. The highest BCUT2D eigenvalue weighted by Crippen LogP contribution is 2.28. The molecule has 2 aromatic rings. The predicted molar refractivity (Wildman–Crippen MR) is 75.8 cm³/mol. The van der Waals surface area contributed by atoms with Crippen LogP contribution in [0.5, 0.6) is 0 Å². The van der Waals surface area contributed by atoms with Crippen molar-refractivity contribution in [3.8, 4) is 0 Å². The van der Waals surface area contributed by atoms with Crippen molar-refractivity contribution in [1.29, 1.82) is 0 Å². The summed E-state index contributed by atoms with van der Waals surface area (Å²) in [7, 11) is 0. The lowest BCUT2D eigenvalue weighted by Gasteiger charge is -2.38. The zero-order chi connectivity index (χ0) is 13.9. The molecule has 0 aromatic heterocycles. The molecule has 0 spiro atoms. The van der Waals surface area contributed by atoms with Crippen molar-refractivity contribution < 1.29 is 8.78 Å². The van der Waals surface area contributed by atoms with E-state index in [0.29, 0.717) is 0 Å². The van der Waals surface area contributed by atoms with Crippen LogP contribution in [0.1, 0.15) is 11.6 Å². The standard InChI is InChI=1S/C16H16F2N2/c17-13-3-1-12(2-4-13)16-11-19-9-10-20(16)15-7-5-14(18)6-8-15/h1-8,16,19H,9-11H2. The van der Waals surface area contributed by atoms with Crippen LogP contribution in [0.3, 0.4) is 0 Å². The number of halogens is 2. The number of hydrogen-bond donors (Lipinski definition) is 1. The van der Waals surface area contributed by atoms with Gasteiger partial charge in [0.05, 0.1) is 6.04 Å². The fourth-order valence-corrected chi connectivity index (χ4v) is 2.63. The number of anilines is 1. The Hall–Kier alpha value is -1.94. The average molecular weight is 274 g/mol. The van der Waals surface area contributed by atoms with Gasteiger partial charge in [0.2, 0.25) is 0 Å². The Labute approximate surface area is 117 Å². The third-order valence-electron chi connectivity index (χ3n) is 3.66. The van der Waals surface area contributed by atoms with Crippen LogP contribution in [0, 0.1) is 11.6 Å². The molecule has 1 N–H and O–H groups in total. The SMILES string of the molecule is Fc1ccc(C2CNCCN2c2ccc(F)cc2)cc1. The molecule has 0 aliphatic carbocycles. The van der Waals surface area contributed by atoms with E-state index in [2.05, 4.69) is 10.2 Å². The third kappa shape index (κ3) is 2.65. The summed E-state index contributed by atoms with van der Waals surface area (Å²) in [5.74, 6) is -0.465. The molecule has 2 nitrogen and oxygen atoms in total. The number of nitrogens with one attached hydrogen (secondary N) is 1. The number of nitrogens with zero attached hydrogens (tertiary/aromatic N) is 1. The van der Waals surface area contributed by atoms with E-state index >= 15 is 0 Å². The van der Waals surface area contributed by atoms with Gasteiger partial charge < -0.3 is 10.2 Å². The fourth-order valence-electron chi connectivity index (χ4n) is 2.63. The van der Waals surface area contributed by atoms with Gasteiger partial charge in [-0.3, -0.25) is 0 Å². The summed E-state index contributed by atoms with van der Waals surface area (Å²) >= 11 is 0. The van der Waals surface area contributed by atoms with E-state index in [0.717, 1.165) is 30.9 Å². The highest BCUT2D eigenvalue weighted by Gasteiger charge is 2.23. The summed E-state index contributed by atoms with van der Waals surface area (Å²) in [4.78, 5) is 2.23. The monoisotopic (exact) mass is 274 g/mol. The second kappa shape index (κ2) is 5.59. The summed E-state index contributed by atoms with van der Waals surface area (Å²) in [5.41, 5.74) is 2.05. The molecule has 0 amide bonds. The molecule has 1 heterocycles. The van der Waals surface area contributed by atoms with Crippen molar-refractivity contribution >= 4 is 5.69 Å². The molecule has 1 unspecified atom stereocenters. The molecule has 20 heavy (non-hydrogen) atoms. The van der Waals surface area contributed by atoms with E-state index in [9.17, 15) is 8.78 Å². The van der Waals surface area contributed by atoms with E-state index in [-0.39, 0.29) is 17.7 Å². The Kier molecular flexibility index (Phi) is 3.65. The molecular formula is C16H16F2N2. The summed E-state index contributed by atoms with van der Waals surface area (Å²) in [5, 5.41) is 3.35. The van der Waals surface area contributed by atoms with Gasteiger partial charge >= 0.3 is 0 Å². The Bertz CT molecular complexity index is 513. The van der Waals surface area contributed by atoms with Gasteiger partial charge in [-0.25, -0.2) is 8.78 Å². The van der Waals surface area contributed by atoms with Crippen LogP contribution >= 0.6 is 0 Å². The molecule has 1 fully saturated rings. The van der Waals surface area contributed by atoms with Gasteiger partial charge in [0.15, 0.2) is 0 Å². The Morgan fingerprint density at radius 1 is 0.900 bits per heavy atom. The Morgan fingerprint density at radius 3 is 2.15 bits per heavy atom. The fraction of sp³-hybridized carbons (Fsp3) is 0.250. The van der Waals surface area contributed by atoms with Crippen molar-refractivity contribution in [3.63, 3.8) is 0 Å². The zero-order valence-electron chi connectivity index (χ0n) is 11.0. The molecule has 3 rings (SSSR count). The Morgan fingerprint density at radius 2 is 1.50 bits per heavy atom. The molecule has 0 radical (unpaired) electrons. The molecule has 4 heteroatoms. The quantitative estimate of drug-likeness (QED) is 0.905. The smallest absolute Gasteiger partial charge is 0.123 e. The van der Waals surface area contributed by atoms with Crippen LogP contribution in [-0.2, 0) is 0 Å². The second-order valence-corrected chi connectivity index (χ2v) is 4.94. The van der Waals surface area contributed by atoms with Gasteiger partial charge in [-0.15, -0.1) is 0 Å². The second-order valence-electron chi connectivity index (χ2n) is 4.94. The van der Waals surface area contributed by atoms with Gasteiger partial charge in [-0.1, -0.05) is 12.1 Å². The van der Waals surface area contributed by atoms with E-state index in [1.807, 2.05) is 12.1 Å². The molecule has 0 saturated carbocycles. The average Bonchev–Trinajstić information content (AvgIpc) is 2.49. The lowest BCUT2D eigenvalue weighted by atomic mass is 10.0. The highest BCUT2D eigenvalue weighted by molar-refractivity contribution is 5.49. The van der Waals surface area contributed by atoms with Gasteiger partial charge in [0.25, 0.3) is 0 Å². The number of benzene rings is 2. The molecule has 1 aliphatic rings. The molecule has 1 aliphatic heterocycles. The summed E-state index contributed by atoms with van der Waals surface area (Å²) < 4.78 is 26.1. The van der Waals surface area contributed by atoms with Crippen LogP contribution in [0.15, 0.2) is 48.5 Å². The first-order valence-electron chi connectivity index (χ1n) is 6.72. The van der Waals surface area contributed by atoms with E-state index in [1.165, 1.54) is 24.3 Å². The minimum Gasteiger partial charge on any atom is -0.362 e. The number of rotatable bonds is 2. The molecule has 1 saturated heterocycles. The maximum absolute atomic E-state index is 13.0. The van der Waals surface area contributed by atoms with Gasteiger partial charge in [-0.05, 0) is 42.0 Å². The lowest BCUT2D eigenvalue weighted by molar-refractivity contribution is 0.489. The van der Waals surface area contributed by atoms with Crippen LogP contribution in [0.4, 0.5) is 14.5 Å². The molecular weight excluding hydrogens is 258 g/mol. The van der Waals surface area contributed by atoms with Crippen LogP contribution in [0.2, 0.25) is 0 Å². The summed E-state index contributed by atoms with van der Waals surface area (Å²) in [6.07, 6.45) is 0. The molecule has 2 aromatic carbocycles. The van der Waals surface area contributed by atoms with E-state index < -0.39 is 0 Å². The minimum atomic E-state index is -0.234. The summed E-state index contributed by atoms with van der Waals surface area (Å²) in [6, 6.07) is 13.2. The predicted octanol–water partition coefficient (Wildman–Crippen LogP) is 3.12. The van der Waals surface area contributed by atoms with Crippen molar-refractivity contribution in [2.45, 2.75) is 6.04 Å². The van der Waals surface area contributed by atoms with Crippen molar-refractivity contribution in [3.05, 3.63) is 65.7 Å². The van der Waals surface area contributed by atoms with Crippen molar-refractivity contribution in [1.82, 2.24) is 5.32 Å². The van der Waals surface area contributed by atoms with Gasteiger partial charge in [0.1, 0.15) is 11.6 Å². The molecule has 104 valence electrons. The van der Waals surface area contributed by atoms with Crippen LogP contribution < -0.4 is 10.2 Å². The van der Waals surface area contributed by atoms with E-state index in [4.69, 9.17) is 0 Å². The maximum atomic E-state index is 13.0. The normalized spacial score (nSPS) is 19.1. The highest BCUT2D eigenvalue weighted by atomic mass is 19.1. The number of piperazine rings is 1. The third-order valence-corrected chi connectivity index (χ3v) is 3.66. The van der Waals surface area contributed by atoms with Crippen LogP contribution in [0.25, 0.3) is 0 Å². The van der Waals surface area contributed by atoms with Crippen LogP contribution in [-0.4, -0.2) is 19.6 Å². The van der Waals surface area contributed by atoms with Gasteiger partial charge in [-0.2, -0.15) is 0 Å². The first-order valence-corrected chi connectivity index (χ1v) is 6.72.